The first-order valence-corrected chi connectivity index (χ1v) is 12.0. The lowest BCUT2D eigenvalue weighted by molar-refractivity contribution is 0.362. The van der Waals surface area contributed by atoms with Crippen LogP contribution in [0.15, 0.2) is 41.2 Å². The molecule has 10 heteroatoms. The summed E-state index contributed by atoms with van der Waals surface area (Å²) in [7, 11) is 0. The zero-order valence-corrected chi connectivity index (χ0v) is 18.7. The zero-order chi connectivity index (χ0) is 22.5. The first-order valence-electron chi connectivity index (χ1n) is 12.0. The third kappa shape index (κ3) is 3.78. The lowest BCUT2D eigenvalue weighted by atomic mass is 10.1. The van der Waals surface area contributed by atoms with Crippen LogP contribution in [0.2, 0.25) is 0 Å². The van der Waals surface area contributed by atoms with Gasteiger partial charge in [-0.05, 0) is 44.6 Å². The summed E-state index contributed by atoms with van der Waals surface area (Å²) in [5.74, 6) is 4.79. The Labute approximate surface area is 196 Å². The Kier molecular flexibility index (Phi) is 4.56. The molecule has 2 saturated carbocycles. The van der Waals surface area contributed by atoms with E-state index in [9.17, 15) is 0 Å². The van der Waals surface area contributed by atoms with E-state index < -0.39 is 0 Å². The van der Waals surface area contributed by atoms with E-state index in [2.05, 4.69) is 47.7 Å². The normalized spacial score (nSPS) is 20.1. The van der Waals surface area contributed by atoms with Crippen molar-refractivity contribution in [2.45, 2.75) is 56.4 Å². The van der Waals surface area contributed by atoms with Crippen molar-refractivity contribution < 1.29 is 4.52 Å². The van der Waals surface area contributed by atoms with Crippen LogP contribution in [-0.2, 0) is 0 Å². The van der Waals surface area contributed by atoms with Crippen LogP contribution < -0.4 is 10.2 Å². The second-order valence-corrected chi connectivity index (χ2v) is 9.40. The standard InChI is InChI=1S/C24H25N9O/c1-3-19(20-11-18(32-34-20)23-25-8-2-9-26-23)33(10-1)24-27-16(14-4-5-14)12-21(29-24)28-22-13-17(30-31-22)15-6-7-15/h2,8-9,11-15,19H,1,3-7,10H2,(H2,27,28,29,30,31)/t19-/m0/s1. The molecule has 1 saturated heterocycles. The molecule has 172 valence electrons. The van der Waals surface area contributed by atoms with Crippen molar-refractivity contribution >= 4 is 17.6 Å². The van der Waals surface area contributed by atoms with E-state index in [1.54, 1.807) is 18.5 Å². The Morgan fingerprint density at radius 2 is 1.79 bits per heavy atom. The Balaban J connectivity index is 1.18. The topological polar surface area (TPSA) is 122 Å². The van der Waals surface area contributed by atoms with Crippen molar-refractivity contribution in [2.75, 3.05) is 16.8 Å². The van der Waals surface area contributed by atoms with E-state index >= 15 is 0 Å². The van der Waals surface area contributed by atoms with Gasteiger partial charge in [0.1, 0.15) is 5.82 Å². The third-order valence-corrected chi connectivity index (χ3v) is 6.76. The van der Waals surface area contributed by atoms with E-state index in [0.717, 1.165) is 48.4 Å². The summed E-state index contributed by atoms with van der Waals surface area (Å²) in [6.45, 7) is 0.865. The van der Waals surface area contributed by atoms with Crippen molar-refractivity contribution in [3.63, 3.8) is 0 Å². The van der Waals surface area contributed by atoms with Gasteiger partial charge in [-0.15, -0.1) is 0 Å². The first-order chi connectivity index (χ1) is 16.8. The van der Waals surface area contributed by atoms with Crippen LogP contribution in [0.1, 0.15) is 73.6 Å². The molecule has 2 N–H and O–H groups in total. The number of anilines is 3. The van der Waals surface area contributed by atoms with Gasteiger partial charge in [0.05, 0.1) is 11.7 Å². The Hall–Kier alpha value is -3.82. The molecule has 1 atom stereocenters. The molecule has 10 nitrogen and oxygen atoms in total. The maximum atomic E-state index is 5.74. The molecule has 0 aromatic carbocycles. The molecule has 4 aromatic rings. The van der Waals surface area contributed by atoms with E-state index in [1.807, 2.05) is 6.07 Å². The third-order valence-electron chi connectivity index (χ3n) is 6.76. The maximum Gasteiger partial charge on any atom is 0.228 e. The predicted octanol–water partition coefficient (Wildman–Crippen LogP) is 4.48. The van der Waals surface area contributed by atoms with Gasteiger partial charge >= 0.3 is 0 Å². The summed E-state index contributed by atoms with van der Waals surface area (Å²) in [5, 5.41) is 15.2. The Bertz CT molecular complexity index is 1310. The number of aromatic nitrogens is 7. The van der Waals surface area contributed by atoms with Crippen molar-refractivity contribution in [1.29, 1.82) is 0 Å². The highest BCUT2D eigenvalue weighted by Gasteiger charge is 2.34. The van der Waals surface area contributed by atoms with Crippen LogP contribution in [-0.4, -0.2) is 41.8 Å². The number of H-pyrrole nitrogens is 1. The average Bonchev–Trinajstić information content (AvgIpc) is 3.74. The fourth-order valence-corrected chi connectivity index (χ4v) is 4.65. The van der Waals surface area contributed by atoms with Gasteiger partial charge in [-0.1, -0.05) is 5.16 Å². The molecule has 3 fully saturated rings. The summed E-state index contributed by atoms with van der Waals surface area (Å²) in [5.41, 5.74) is 2.93. The number of nitrogens with zero attached hydrogens (tertiary/aromatic N) is 7. The monoisotopic (exact) mass is 455 g/mol. The molecule has 7 rings (SSSR count). The van der Waals surface area contributed by atoms with Crippen LogP contribution >= 0.6 is 0 Å². The van der Waals surface area contributed by atoms with Gasteiger partial charge < -0.3 is 14.7 Å². The molecule has 0 bridgehead atoms. The summed E-state index contributed by atoms with van der Waals surface area (Å²) in [4.78, 5) is 20.7. The Morgan fingerprint density at radius 3 is 2.62 bits per heavy atom. The quantitative estimate of drug-likeness (QED) is 0.415. The van der Waals surface area contributed by atoms with Gasteiger partial charge in [-0.2, -0.15) is 10.1 Å². The molecular weight excluding hydrogens is 430 g/mol. The molecule has 0 radical (unpaired) electrons. The van der Waals surface area contributed by atoms with Crippen LogP contribution in [0, 0.1) is 0 Å². The summed E-state index contributed by atoms with van der Waals surface area (Å²) in [6, 6.07) is 7.91. The second kappa shape index (κ2) is 7.89. The number of nitrogens with one attached hydrogen (secondary N) is 2. The molecule has 0 spiro atoms. The van der Waals surface area contributed by atoms with Crippen molar-refractivity contribution in [3.8, 4) is 11.5 Å². The van der Waals surface area contributed by atoms with Gasteiger partial charge in [0, 0.05) is 54.7 Å². The van der Waals surface area contributed by atoms with Crippen LogP contribution in [0.25, 0.3) is 11.5 Å². The summed E-state index contributed by atoms with van der Waals surface area (Å²) < 4.78 is 5.74. The maximum absolute atomic E-state index is 5.74. The van der Waals surface area contributed by atoms with Crippen molar-refractivity contribution in [1.82, 2.24) is 35.3 Å². The summed E-state index contributed by atoms with van der Waals surface area (Å²) >= 11 is 0. The lowest BCUT2D eigenvalue weighted by Gasteiger charge is -2.23. The molecular formula is C24H25N9O. The number of hydrogen-bond donors (Lipinski definition) is 2. The molecule has 1 aliphatic heterocycles. The highest BCUT2D eigenvalue weighted by atomic mass is 16.5. The molecule has 2 aliphatic carbocycles. The number of aromatic amines is 1. The van der Waals surface area contributed by atoms with Gasteiger partial charge in [0.15, 0.2) is 23.1 Å². The summed E-state index contributed by atoms with van der Waals surface area (Å²) in [6.07, 6.45) is 10.2. The van der Waals surface area contributed by atoms with Crippen molar-refractivity contribution in [3.05, 3.63) is 53.8 Å². The van der Waals surface area contributed by atoms with Gasteiger partial charge in [0.25, 0.3) is 0 Å². The fraction of sp³-hybridized carbons (Fsp3) is 0.417. The average molecular weight is 456 g/mol. The molecule has 4 aromatic heterocycles. The van der Waals surface area contributed by atoms with E-state index in [0.29, 0.717) is 23.4 Å². The fourth-order valence-electron chi connectivity index (χ4n) is 4.65. The van der Waals surface area contributed by atoms with Gasteiger partial charge in [-0.25, -0.2) is 15.0 Å². The first kappa shape index (κ1) is 19.6. The smallest absolute Gasteiger partial charge is 0.228 e. The minimum absolute atomic E-state index is 0.0270. The predicted molar refractivity (Wildman–Crippen MR) is 125 cm³/mol. The van der Waals surface area contributed by atoms with Crippen molar-refractivity contribution in [2.24, 2.45) is 0 Å². The minimum Gasteiger partial charge on any atom is -0.358 e. The van der Waals surface area contributed by atoms with E-state index in [-0.39, 0.29) is 6.04 Å². The van der Waals surface area contributed by atoms with Crippen LogP contribution in [0.3, 0.4) is 0 Å². The lowest BCUT2D eigenvalue weighted by Crippen LogP contribution is -2.25. The largest absolute Gasteiger partial charge is 0.358 e. The molecule has 0 amide bonds. The molecule has 5 heterocycles. The molecule has 34 heavy (non-hydrogen) atoms. The zero-order valence-electron chi connectivity index (χ0n) is 18.7. The highest BCUT2D eigenvalue weighted by molar-refractivity contribution is 5.56. The van der Waals surface area contributed by atoms with Crippen LogP contribution in [0.5, 0.6) is 0 Å². The van der Waals surface area contributed by atoms with Crippen LogP contribution in [0.4, 0.5) is 17.6 Å². The van der Waals surface area contributed by atoms with E-state index in [1.165, 1.54) is 31.4 Å². The molecule has 3 aliphatic rings. The molecule has 0 unspecified atom stereocenters. The Morgan fingerprint density at radius 1 is 0.941 bits per heavy atom. The minimum atomic E-state index is 0.0270. The number of hydrogen-bond acceptors (Lipinski definition) is 9. The number of rotatable bonds is 7. The second-order valence-electron chi connectivity index (χ2n) is 9.40. The van der Waals surface area contributed by atoms with E-state index in [4.69, 9.17) is 14.5 Å². The van der Waals surface area contributed by atoms with Gasteiger partial charge in [0.2, 0.25) is 5.95 Å². The van der Waals surface area contributed by atoms with Gasteiger partial charge in [-0.3, -0.25) is 5.10 Å². The SMILES string of the molecule is c1cnc(-c2cc([C@@H]3CCCN3c3nc(Nc4cc(C5CC5)[nH]n4)cc(C4CC4)n3)on2)nc1. The highest BCUT2D eigenvalue weighted by Crippen LogP contribution is 2.43.